The number of hydrogen-bond donors (Lipinski definition) is 2. The van der Waals surface area contributed by atoms with Crippen LogP contribution in [-0.4, -0.2) is 22.5 Å². The molecule has 126 valence electrons. The summed E-state index contributed by atoms with van der Waals surface area (Å²) in [7, 11) is 0. The maximum absolute atomic E-state index is 11.9. The van der Waals surface area contributed by atoms with E-state index in [2.05, 4.69) is 5.32 Å². The zero-order valence-corrected chi connectivity index (χ0v) is 13.2. The number of aliphatic hydroxyl groups is 1. The van der Waals surface area contributed by atoms with Gasteiger partial charge in [0.1, 0.15) is 0 Å². The molecule has 0 aromatic heterocycles. The van der Waals surface area contributed by atoms with Crippen molar-refractivity contribution in [3.63, 3.8) is 0 Å². The van der Waals surface area contributed by atoms with Crippen molar-refractivity contribution >= 4 is 11.6 Å². The lowest BCUT2D eigenvalue weighted by atomic mass is 10.1. The number of unbranched alkanes of at least 4 members (excludes halogenated alkanes) is 1. The van der Waals surface area contributed by atoms with Crippen molar-refractivity contribution < 1.29 is 14.8 Å². The number of nitrogens with zero attached hydrogens (tertiary/aromatic N) is 1. The number of nitro benzene ring substituents is 1. The largest absolute Gasteiger partial charge is 0.378 e. The quantitative estimate of drug-likeness (QED) is 0.443. The SMILES string of the molecule is O=C(NCCCCc1ccc([N+](=O)[O-])cc1)C(O)c1ccccc1. The van der Waals surface area contributed by atoms with E-state index in [0.717, 1.165) is 24.8 Å². The van der Waals surface area contributed by atoms with Gasteiger partial charge in [0, 0.05) is 18.7 Å². The number of carbonyl (C=O) groups excluding carboxylic acids is 1. The smallest absolute Gasteiger partial charge is 0.269 e. The normalized spacial score (nSPS) is 11.7. The fraction of sp³-hybridized carbons (Fsp3) is 0.278. The monoisotopic (exact) mass is 328 g/mol. The second-order valence-electron chi connectivity index (χ2n) is 5.48. The van der Waals surface area contributed by atoms with Crippen LogP contribution in [0.5, 0.6) is 0 Å². The highest BCUT2D eigenvalue weighted by Gasteiger charge is 2.15. The highest BCUT2D eigenvalue weighted by molar-refractivity contribution is 5.81. The Morgan fingerprint density at radius 3 is 2.38 bits per heavy atom. The van der Waals surface area contributed by atoms with Crippen molar-refractivity contribution in [1.82, 2.24) is 5.32 Å². The number of hydrogen-bond acceptors (Lipinski definition) is 4. The van der Waals surface area contributed by atoms with Gasteiger partial charge in [0.05, 0.1) is 4.92 Å². The average molecular weight is 328 g/mol. The Hall–Kier alpha value is -2.73. The summed E-state index contributed by atoms with van der Waals surface area (Å²) in [5.41, 5.74) is 1.68. The van der Waals surface area contributed by atoms with Gasteiger partial charge in [-0.1, -0.05) is 42.5 Å². The molecule has 6 heteroatoms. The first-order valence-corrected chi connectivity index (χ1v) is 7.82. The minimum atomic E-state index is -1.15. The van der Waals surface area contributed by atoms with Gasteiger partial charge in [0.15, 0.2) is 6.10 Å². The Bertz CT molecular complexity index is 671. The van der Waals surface area contributed by atoms with Crippen LogP contribution in [0.2, 0.25) is 0 Å². The second-order valence-corrected chi connectivity index (χ2v) is 5.48. The zero-order valence-electron chi connectivity index (χ0n) is 13.2. The van der Waals surface area contributed by atoms with E-state index in [1.165, 1.54) is 12.1 Å². The summed E-state index contributed by atoms with van der Waals surface area (Å²) in [6, 6.07) is 15.3. The molecule has 0 radical (unpaired) electrons. The molecule has 6 nitrogen and oxygen atoms in total. The molecule has 0 spiro atoms. The van der Waals surface area contributed by atoms with E-state index < -0.39 is 16.9 Å². The minimum Gasteiger partial charge on any atom is -0.378 e. The molecule has 0 saturated heterocycles. The molecule has 1 unspecified atom stereocenters. The topological polar surface area (TPSA) is 92.5 Å². The summed E-state index contributed by atoms with van der Waals surface area (Å²) < 4.78 is 0. The number of nitrogens with one attached hydrogen (secondary N) is 1. The molecule has 0 saturated carbocycles. The van der Waals surface area contributed by atoms with Crippen molar-refractivity contribution in [2.24, 2.45) is 0 Å². The number of carbonyl (C=O) groups is 1. The Morgan fingerprint density at radius 1 is 1.08 bits per heavy atom. The highest BCUT2D eigenvalue weighted by Crippen LogP contribution is 2.14. The Morgan fingerprint density at radius 2 is 1.75 bits per heavy atom. The van der Waals surface area contributed by atoms with Gasteiger partial charge in [-0.05, 0) is 30.4 Å². The van der Waals surface area contributed by atoms with Gasteiger partial charge in [-0.2, -0.15) is 0 Å². The number of amides is 1. The maximum atomic E-state index is 11.9. The fourth-order valence-corrected chi connectivity index (χ4v) is 2.33. The average Bonchev–Trinajstić information content (AvgIpc) is 2.61. The Labute approximate surface area is 140 Å². The van der Waals surface area contributed by atoms with Crippen LogP contribution >= 0.6 is 0 Å². The van der Waals surface area contributed by atoms with E-state index in [-0.39, 0.29) is 5.69 Å². The molecule has 1 amide bonds. The number of nitro groups is 1. The van der Waals surface area contributed by atoms with Crippen molar-refractivity contribution in [3.8, 4) is 0 Å². The summed E-state index contributed by atoms with van der Waals surface area (Å²) >= 11 is 0. The van der Waals surface area contributed by atoms with Gasteiger partial charge in [-0.25, -0.2) is 0 Å². The van der Waals surface area contributed by atoms with E-state index in [4.69, 9.17) is 0 Å². The van der Waals surface area contributed by atoms with Crippen molar-refractivity contribution in [2.45, 2.75) is 25.4 Å². The van der Waals surface area contributed by atoms with Gasteiger partial charge >= 0.3 is 0 Å². The Kier molecular flexibility index (Phi) is 6.45. The maximum Gasteiger partial charge on any atom is 0.269 e. The van der Waals surface area contributed by atoms with Crippen molar-refractivity contribution in [1.29, 1.82) is 0 Å². The molecule has 2 aromatic carbocycles. The zero-order chi connectivity index (χ0) is 17.4. The summed E-state index contributed by atoms with van der Waals surface area (Å²) in [6.07, 6.45) is 1.25. The fourth-order valence-electron chi connectivity index (χ4n) is 2.33. The number of non-ortho nitro benzene ring substituents is 1. The van der Waals surface area contributed by atoms with Crippen molar-refractivity contribution in [2.75, 3.05) is 6.54 Å². The van der Waals surface area contributed by atoms with Gasteiger partial charge in [-0.3, -0.25) is 14.9 Å². The molecule has 24 heavy (non-hydrogen) atoms. The molecule has 0 bridgehead atoms. The number of benzene rings is 2. The highest BCUT2D eigenvalue weighted by atomic mass is 16.6. The molecule has 0 aliphatic rings. The van der Waals surface area contributed by atoms with Gasteiger partial charge < -0.3 is 10.4 Å². The van der Waals surface area contributed by atoms with Crippen molar-refractivity contribution in [3.05, 3.63) is 75.8 Å². The van der Waals surface area contributed by atoms with E-state index in [0.29, 0.717) is 12.1 Å². The molecular weight excluding hydrogens is 308 g/mol. The summed E-state index contributed by atoms with van der Waals surface area (Å²) in [5.74, 6) is -0.406. The molecule has 0 aliphatic carbocycles. The van der Waals surface area contributed by atoms with E-state index in [1.54, 1.807) is 36.4 Å². The van der Waals surface area contributed by atoms with E-state index in [1.807, 2.05) is 6.07 Å². The van der Waals surface area contributed by atoms with Crippen LogP contribution in [0.25, 0.3) is 0 Å². The predicted octanol–water partition coefficient (Wildman–Crippen LogP) is 2.77. The van der Waals surface area contributed by atoms with Crippen LogP contribution in [0.1, 0.15) is 30.1 Å². The number of rotatable bonds is 8. The Balaban J connectivity index is 1.67. The lowest BCUT2D eigenvalue weighted by molar-refractivity contribution is -0.384. The third kappa shape index (κ3) is 5.17. The van der Waals surface area contributed by atoms with Gasteiger partial charge in [0.25, 0.3) is 11.6 Å². The van der Waals surface area contributed by atoms with Gasteiger partial charge in [0.2, 0.25) is 0 Å². The van der Waals surface area contributed by atoms with E-state index in [9.17, 15) is 20.0 Å². The molecule has 2 N–H and O–H groups in total. The second kappa shape index (κ2) is 8.79. The molecule has 0 aliphatic heterocycles. The summed E-state index contributed by atoms with van der Waals surface area (Å²) in [5, 5.41) is 23.2. The minimum absolute atomic E-state index is 0.0842. The number of aryl methyl sites for hydroxylation is 1. The molecule has 1 atom stereocenters. The summed E-state index contributed by atoms with van der Waals surface area (Å²) in [4.78, 5) is 22.0. The molecule has 0 heterocycles. The van der Waals surface area contributed by atoms with Crippen LogP contribution in [0.3, 0.4) is 0 Å². The third-order valence-corrected chi connectivity index (χ3v) is 3.70. The van der Waals surface area contributed by atoms with E-state index >= 15 is 0 Å². The molecule has 2 aromatic rings. The molecule has 2 rings (SSSR count). The first-order valence-electron chi connectivity index (χ1n) is 7.82. The summed E-state index contributed by atoms with van der Waals surface area (Å²) in [6.45, 7) is 0.482. The lowest BCUT2D eigenvalue weighted by Gasteiger charge is -2.11. The lowest BCUT2D eigenvalue weighted by Crippen LogP contribution is -2.30. The van der Waals surface area contributed by atoms with Gasteiger partial charge in [-0.15, -0.1) is 0 Å². The predicted molar refractivity (Wildman–Crippen MR) is 90.4 cm³/mol. The van der Waals surface area contributed by atoms with Crippen LogP contribution < -0.4 is 5.32 Å². The number of aliphatic hydroxyl groups excluding tert-OH is 1. The van der Waals surface area contributed by atoms with Crippen LogP contribution in [0, 0.1) is 10.1 Å². The molecule has 0 fully saturated rings. The van der Waals surface area contributed by atoms with Crippen LogP contribution in [0.4, 0.5) is 5.69 Å². The van der Waals surface area contributed by atoms with Crippen LogP contribution in [-0.2, 0) is 11.2 Å². The third-order valence-electron chi connectivity index (χ3n) is 3.70. The van der Waals surface area contributed by atoms with Crippen LogP contribution in [0.15, 0.2) is 54.6 Å². The first-order chi connectivity index (χ1) is 11.6. The first kappa shape index (κ1) is 17.6. The standard InChI is InChI=1S/C18H20N2O4/c21-17(15-7-2-1-3-8-15)18(22)19-13-5-4-6-14-9-11-16(12-10-14)20(23)24/h1-3,7-12,17,21H,4-6,13H2,(H,19,22). The molecular formula is C18H20N2O4.